The standard InChI is InChI=1S/C26H32N4O5S/c1-26(2,3)35-25(31)29-14-12-28(13-15-29)21-6-5-7-22-20(21)10-11-30(22)36(32,33)19-8-9-23-24(18-19)34-17-16-27(23)4/h5-11,18H,12-17H2,1-4H3. The number of likely N-dealkylation sites (N-methyl/N-ethyl adjacent to an activating group) is 1. The van der Waals surface area contributed by atoms with Crippen molar-refractivity contribution in [2.75, 3.05) is 56.2 Å². The molecule has 2 aliphatic heterocycles. The first kappa shape index (κ1) is 24.3. The molecule has 1 aromatic heterocycles. The molecule has 0 N–H and O–H groups in total. The highest BCUT2D eigenvalue weighted by molar-refractivity contribution is 7.90. The van der Waals surface area contributed by atoms with Gasteiger partial charge in [-0.15, -0.1) is 0 Å². The maximum atomic E-state index is 13.6. The molecular formula is C26H32N4O5S. The third-order valence-electron chi connectivity index (χ3n) is 6.53. The van der Waals surface area contributed by atoms with Gasteiger partial charge in [-0.25, -0.2) is 17.2 Å². The number of ether oxygens (including phenoxy) is 2. The zero-order valence-electron chi connectivity index (χ0n) is 21.1. The molecule has 3 aromatic rings. The summed E-state index contributed by atoms with van der Waals surface area (Å²) in [5.74, 6) is 0.574. The summed E-state index contributed by atoms with van der Waals surface area (Å²) < 4.78 is 39.8. The highest BCUT2D eigenvalue weighted by Gasteiger charge is 2.28. The number of fused-ring (bicyclic) bond motifs is 2. The molecule has 1 amide bonds. The van der Waals surface area contributed by atoms with Gasteiger partial charge in [-0.2, -0.15) is 0 Å². The number of benzene rings is 2. The molecule has 2 aromatic carbocycles. The maximum absolute atomic E-state index is 13.6. The second-order valence-corrected chi connectivity index (χ2v) is 12.0. The number of amides is 1. The molecule has 192 valence electrons. The van der Waals surface area contributed by atoms with Crippen molar-refractivity contribution in [1.29, 1.82) is 0 Å². The first-order chi connectivity index (χ1) is 17.0. The van der Waals surface area contributed by atoms with Gasteiger partial charge in [0.15, 0.2) is 0 Å². The predicted octanol–water partition coefficient (Wildman–Crippen LogP) is 3.76. The van der Waals surface area contributed by atoms with Crippen LogP contribution in [0, 0.1) is 0 Å². The Balaban J connectivity index is 1.40. The number of piperazine rings is 1. The summed E-state index contributed by atoms with van der Waals surface area (Å²) in [6.07, 6.45) is 1.30. The van der Waals surface area contributed by atoms with Crippen LogP contribution in [0.3, 0.4) is 0 Å². The average Bonchev–Trinajstić information content (AvgIpc) is 3.28. The Labute approximate surface area is 211 Å². The normalized spacial score (nSPS) is 16.6. The lowest BCUT2D eigenvalue weighted by atomic mass is 10.1. The number of anilines is 2. The average molecular weight is 513 g/mol. The second-order valence-electron chi connectivity index (χ2n) is 10.2. The Morgan fingerprint density at radius 3 is 2.44 bits per heavy atom. The lowest BCUT2D eigenvalue weighted by Crippen LogP contribution is -2.50. The predicted molar refractivity (Wildman–Crippen MR) is 140 cm³/mol. The van der Waals surface area contributed by atoms with E-state index in [4.69, 9.17) is 9.47 Å². The second kappa shape index (κ2) is 8.92. The minimum Gasteiger partial charge on any atom is -0.490 e. The third-order valence-corrected chi connectivity index (χ3v) is 8.22. The van der Waals surface area contributed by atoms with Gasteiger partial charge >= 0.3 is 6.09 Å². The quantitative estimate of drug-likeness (QED) is 0.528. The Bertz CT molecular complexity index is 1400. The SMILES string of the molecule is CN1CCOc2cc(S(=O)(=O)n3ccc4c(N5CCN(C(=O)OC(C)(C)C)CC5)cccc43)ccc21. The lowest BCUT2D eigenvalue weighted by molar-refractivity contribution is 0.0240. The smallest absolute Gasteiger partial charge is 0.410 e. The lowest BCUT2D eigenvalue weighted by Gasteiger charge is -2.37. The Kier molecular flexibility index (Phi) is 6.02. The van der Waals surface area contributed by atoms with Gasteiger partial charge in [0, 0.05) is 56.6 Å². The van der Waals surface area contributed by atoms with Crippen LogP contribution in [-0.2, 0) is 14.8 Å². The van der Waals surface area contributed by atoms with Crippen LogP contribution < -0.4 is 14.5 Å². The number of aromatic nitrogens is 1. The van der Waals surface area contributed by atoms with Crippen LogP contribution in [0.4, 0.5) is 16.2 Å². The Morgan fingerprint density at radius 2 is 1.72 bits per heavy atom. The highest BCUT2D eigenvalue weighted by atomic mass is 32.2. The summed E-state index contributed by atoms with van der Waals surface area (Å²) in [6.45, 7) is 9.18. The first-order valence-corrected chi connectivity index (χ1v) is 13.6. The number of hydrogen-bond acceptors (Lipinski definition) is 7. The van der Waals surface area contributed by atoms with Crippen LogP contribution in [0.25, 0.3) is 10.9 Å². The van der Waals surface area contributed by atoms with Gasteiger partial charge in [-0.3, -0.25) is 0 Å². The molecule has 0 spiro atoms. The molecule has 0 bridgehead atoms. The number of hydrogen-bond donors (Lipinski definition) is 0. The molecular weight excluding hydrogens is 480 g/mol. The maximum Gasteiger partial charge on any atom is 0.410 e. The summed E-state index contributed by atoms with van der Waals surface area (Å²) in [5, 5.41) is 0.848. The first-order valence-electron chi connectivity index (χ1n) is 12.1. The van der Waals surface area contributed by atoms with Gasteiger partial charge < -0.3 is 24.2 Å². The molecule has 10 heteroatoms. The molecule has 0 aliphatic carbocycles. The summed E-state index contributed by atoms with van der Waals surface area (Å²) in [6, 6.07) is 12.5. The molecule has 3 heterocycles. The number of carbonyl (C=O) groups excluding carboxylic acids is 1. The van der Waals surface area contributed by atoms with Crippen LogP contribution in [0.15, 0.2) is 53.6 Å². The Morgan fingerprint density at radius 1 is 0.972 bits per heavy atom. The highest BCUT2D eigenvalue weighted by Crippen LogP contribution is 2.35. The van der Waals surface area contributed by atoms with Crippen molar-refractivity contribution in [2.24, 2.45) is 0 Å². The molecule has 0 unspecified atom stereocenters. The van der Waals surface area contributed by atoms with Crippen molar-refractivity contribution in [3.63, 3.8) is 0 Å². The summed E-state index contributed by atoms with van der Waals surface area (Å²) >= 11 is 0. The monoisotopic (exact) mass is 512 g/mol. The van der Waals surface area contributed by atoms with E-state index in [0.717, 1.165) is 23.3 Å². The number of nitrogens with zero attached hydrogens (tertiary/aromatic N) is 4. The number of carbonyl (C=O) groups is 1. The number of rotatable bonds is 3. The molecule has 0 radical (unpaired) electrons. The molecule has 36 heavy (non-hydrogen) atoms. The van der Waals surface area contributed by atoms with Gasteiger partial charge in [0.1, 0.15) is 18.0 Å². The van der Waals surface area contributed by atoms with E-state index in [2.05, 4.69) is 9.80 Å². The van der Waals surface area contributed by atoms with Crippen molar-refractivity contribution in [2.45, 2.75) is 31.3 Å². The minimum atomic E-state index is -3.83. The van der Waals surface area contributed by atoms with Crippen molar-refractivity contribution in [3.05, 3.63) is 48.7 Å². The van der Waals surface area contributed by atoms with Gasteiger partial charge in [0.2, 0.25) is 0 Å². The van der Waals surface area contributed by atoms with E-state index >= 15 is 0 Å². The van der Waals surface area contributed by atoms with E-state index in [1.165, 1.54) is 3.97 Å². The van der Waals surface area contributed by atoms with E-state index in [1.54, 1.807) is 29.3 Å². The van der Waals surface area contributed by atoms with E-state index < -0.39 is 15.6 Å². The van der Waals surface area contributed by atoms with E-state index in [9.17, 15) is 13.2 Å². The molecule has 0 atom stereocenters. The fraction of sp³-hybridized carbons (Fsp3) is 0.423. The largest absolute Gasteiger partial charge is 0.490 e. The molecule has 9 nitrogen and oxygen atoms in total. The van der Waals surface area contributed by atoms with E-state index in [1.807, 2.05) is 52.1 Å². The summed E-state index contributed by atoms with van der Waals surface area (Å²) in [7, 11) is -1.87. The van der Waals surface area contributed by atoms with Crippen LogP contribution in [0.2, 0.25) is 0 Å². The van der Waals surface area contributed by atoms with Crippen molar-refractivity contribution >= 4 is 38.4 Å². The van der Waals surface area contributed by atoms with Crippen LogP contribution in [0.5, 0.6) is 5.75 Å². The topological polar surface area (TPSA) is 84.3 Å². The summed E-state index contributed by atoms with van der Waals surface area (Å²) in [4.78, 5) is 18.6. The Hall–Kier alpha value is -3.40. The molecule has 5 rings (SSSR count). The molecule has 2 aliphatic rings. The molecule has 1 saturated heterocycles. The van der Waals surface area contributed by atoms with E-state index in [0.29, 0.717) is 44.1 Å². The fourth-order valence-corrected chi connectivity index (χ4v) is 6.04. The van der Waals surface area contributed by atoms with Crippen molar-refractivity contribution in [3.8, 4) is 5.75 Å². The van der Waals surface area contributed by atoms with Gasteiger partial charge in [-0.05, 0) is 51.1 Å². The van der Waals surface area contributed by atoms with Crippen LogP contribution >= 0.6 is 0 Å². The summed E-state index contributed by atoms with van der Waals surface area (Å²) in [5.41, 5.74) is 1.90. The molecule has 0 saturated carbocycles. The zero-order valence-corrected chi connectivity index (χ0v) is 21.9. The third kappa shape index (κ3) is 4.45. The zero-order chi connectivity index (χ0) is 25.7. The minimum absolute atomic E-state index is 0.186. The fourth-order valence-electron chi connectivity index (χ4n) is 4.68. The van der Waals surface area contributed by atoms with Crippen LogP contribution in [0.1, 0.15) is 20.8 Å². The van der Waals surface area contributed by atoms with Crippen molar-refractivity contribution in [1.82, 2.24) is 8.87 Å². The molecule has 1 fully saturated rings. The van der Waals surface area contributed by atoms with Gasteiger partial charge in [-0.1, -0.05) is 6.07 Å². The van der Waals surface area contributed by atoms with Crippen LogP contribution in [-0.4, -0.2) is 75.4 Å². The van der Waals surface area contributed by atoms with Crippen molar-refractivity contribution < 1.29 is 22.7 Å². The van der Waals surface area contributed by atoms with Gasteiger partial charge in [0.25, 0.3) is 10.0 Å². The van der Waals surface area contributed by atoms with E-state index in [-0.39, 0.29) is 11.0 Å². The van der Waals surface area contributed by atoms with Gasteiger partial charge in [0.05, 0.1) is 22.6 Å².